The fourth-order valence-corrected chi connectivity index (χ4v) is 5.64. The third-order valence-electron chi connectivity index (χ3n) is 7.56. The van der Waals surface area contributed by atoms with Crippen molar-refractivity contribution in [2.24, 2.45) is 7.05 Å². The normalized spacial score (nSPS) is 14.8. The minimum Gasteiger partial charge on any atom is -0.370 e. The fourth-order valence-electron chi connectivity index (χ4n) is 5.40. The first-order valence-electron chi connectivity index (χ1n) is 13.4. The highest BCUT2D eigenvalue weighted by atomic mass is 35.5. The van der Waals surface area contributed by atoms with Crippen LogP contribution in [0.5, 0.6) is 0 Å². The van der Waals surface area contributed by atoms with Crippen molar-refractivity contribution < 1.29 is 8.78 Å². The van der Waals surface area contributed by atoms with Crippen molar-refractivity contribution in [2.45, 2.75) is 33.6 Å². The number of halogens is 3. The molecular weight excluding hydrogens is 534 g/mol. The molecule has 4 nitrogen and oxygen atoms in total. The van der Waals surface area contributed by atoms with E-state index in [9.17, 15) is 0 Å². The molecule has 1 fully saturated rings. The van der Waals surface area contributed by atoms with Crippen LogP contribution in [0.1, 0.15) is 36.7 Å². The van der Waals surface area contributed by atoms with E-state index in [1.165, 1.54) is 12.1 Å². The first-order chi connectivity index (χ1) is 18.8. The molecule has 1 aliphatic rings. The van der Waals surface area contributed by atoms with E-state index in [2.05, 4.69) is 52.1 Å². The molecule has 0 unspecified atom stereocenters. The Balaban J connectivity index is 1.73. The Morgan fingerprint density at radius 2 is 1.74 bits per heavy atom. The molecule has 0 spiro atoms. The molecule has 0 atom stereocenters. The number of hydrogen-bond donors (Lipinski definition) is 2. The van der Waals surface area contributed by atoms with Crippen LogP contribution in [0, 0.1) is 25.5 Å². The van der Waals surface area contributed by atoms with Crippen molar-refractivity contribution in [3.8, 4) is 11.1 Å². The summed E-state index contributed by atoms with van der Waals surface area (Å²) in [6.45, 7) is 8.83. The van der Waals surface area contributed by atoms with Gasteiger partial charge in [-0.25, -0.2) is 8.78 Å². The van der Waals surface area contributed by atoms with E-state index < -0.39 is 5.82 Å². The van der Waals surface area contributed by atoms with Gasteiger partial charge in [0.1, 0.15) is 5.82 Å². The van der Waals surface area contributed by atoms with E-state index in [1.54, 1.807) is 0 Å². The summed E-state index contributed by atoms with van der Waals surface area (Å²) in [5.74, 6) is -0.456. The van der Waals surface area contributed by atoms with Crippen molar-refractivity contribution in [2.75, 3.05) is 46.6 Å². The molecule has 2 aromatic carbocycles. The van der Waals surface area contributed by atoms with Crippen LogP contribution in [0.4, 0.5) is 25.8 Å². The highest BCUT2D eigenvalue weighted by Crippen LogP contribution is 2.40. The lowest BCUT2D eigenvalue weighted by atomic mass is 9.95. The fraction of sp³-hybridized carbons (Fsp3) is 0.355. The molecule has 0 aliphatic carbocycles. The summed E-state index contributed by atoms with van der Waals surface area (Å²) in [6, 6.07) is 10.7. The predicted octanol–water partition coefficient (Wildman–Crippen LogP) is 8.15. The predicted molar refractivity (Wildman–Crippen MR) is 166 cm³/mol. The van der Waals surface area contributed by atoms with E-state index >= 15 is 8.78 Å². The van der Waals surface area contributed by atoms with Gasteiger partial charge in [0.15, 0.2) is 5.82 Å². The van der Waals surface area contributed by atoms with Gasteiger partial charge in [-0.3, -0.25) is 0 Å². The molecule has 1 aromatic heterocycles. The lowest BCUT2D eigenvalue weighted by Gasteiger charge is -2.26. The van der Waals surface area contributed by atoms with E-state index in [0.29, 0.717) is 36.8 Å². The van der Waals surface area contributed by atoms with Crippen LogP contribution in [-0.2, 0) is 7.05 Å². The van der Waals surface area contributed by atoms with Gasteiger partial charge in [-0.15, -0.1) is 11.6 Å². The molecule has 0 bridgehead atoms. The van der Waals surface area contributed by atoms with Crippen LogP contribution < -0.4 is 14.5 Å². The summed E-state index contributed by atoms with van der Waals surface area (Å²) in [4.78, 5) is 4.26. The number of nitrogens with one attached hydrogen (secondary N) is 1. The van der Waals surface area contributed by atoms with Crippen molar-refractivity contribution in [3.63, 3.8) is 0 Å². The SMILES string of the molecule is CC/C=C(\C=C/CCl)c1c(-c2cc(F)cc(N3CCCN(c4ccc(NS)cc4)CC3)c2F)c(C)c(C)n1C. The molecule has 1 aliphatic heterocycles. The molecule has 4 rings (SSSR count). The average molecular weight is 571 g/mol. The number of nitrogens with zero attached hydrogens (tertiary/aromatic N) is 3. The summed E-state index contributed by atoms with van der Waals surface area (Å²) >= 11 is 10.0. The monoisotopic (exact) mass is 570 g/mol. The van der Waals surface area contributed by atoms with Gasteiger partial charge < -0.3 is 19.1 Å². The summed E-state index contributed by atoms with van der Waals surface area (Å²) in [5.41, 5.74) is 7.11. The summed E-state index contributed by atoms with van der Waals surface area (Å²) in [6.07, 6.45) is 7.58. The third-order valence-corrected chi connectivity index (χ3v) is 8.00. The Bertz CT molecular complexity index is 1360. The molecule has 208 valence electrons. The summed E-state index contributed by atoms with van der Waals surface area (Å²) in [5, 5.41) is 0. The minimum atomic E-state index is -0.443. The van der Waals surface area contributed by atoms with E-state index in [0.717, 1.165) is 58.8 Å². The molecule has 39 heavy (non-hydrogen) atoms. The zero-order chi connectivity index (χ0) is 28.1. The van der Waals surface area contributed by atoms with E-state index in [4.69, 9.17) is 11.6 Å². The summed E-state index contributed by atoms with van der Waals surface area (Å²) in [7, 11) is 1.97. The van der Waals surface area contributed by atoms with Crippen LogP contribution in [0.25, 0.3) is 16.7 Å². The zero-order valence-corrected chi connectivity index (χ0v) is 24.7. The molecule has 2 heterocycles. The molecule has 0 saturated carbocycles. The van der Waals surface area contributed by atoms with Crippen LogP contribution in [-0.4, -0.2) is 36.6 Å². The zero-order valence-electron chi connectivity index (χ0n) is 23.1. The van der Waals surface area contributed by atoms with Gasteiger partial charge >= 0.3 is 0 Å². The van der Waals surface area contributed by atoms with Crippen molar-refractivity contribution in [1.82, 2.24) is 4.57 Å². The lowest BCUT2D eigenvalue weighted by Crippen LogP contribution is -2.31. The Morgan fingerprint density at radius 1 is 1.05 bits per heavy atom. The second-order valence-corrected chi connectivity index (χ2v) is 10.4. The number of benzene rings is 2. The lowest BCUT2D eigenvalue weighted by molar-refractivity contribution is 0.596. The number of thiol groups is 1. The Morgan fingerprint density at radius 3 is 2.41 bits per heavy atom. The highest BCUT2D eigenvalue weighted by molar-refractivity contribution is 7.81. The number of hydrogen-bond acceptors (Lipinski definition) is 4. The first kappa shape index (κ1) is 29.1. The van der Waals surface area contributed by atoms with Crippen molar-refractivity contribution in [1.29, 1.82) is 0 Å². The number of anilines is 3. The van der Waals surface area contributed by atoms with E-state index in [-0.39, 0.29) is 5.82 Å². The second-order valence-electron chi connectivity index (χ2n) is 9.89. The highest BCUT2D eigenvalue weighted by Gasteiger charge is 2.26. The standard InChI is InChI=1S/C31H37ClF2N4S/c1-5-8-23(9-6-14-32)31-29(21(2)22(3)36(31)4)27-19-24(33)20-28(30(27)34)38-16-7-15-37(17-18-38)26-12-10-25(35-39)11-13-26/h6,8-13,19-20,35,39H,5,7,14-18H2,1-4H3/b9-6-,23-8+. The Kier molecular flexibility index (Phi) is 9.67. The van der Waals surface area contributed by atoms with Crippen LogP contribution in [0.3, 0.4) is 0 Å². The smallest absolute Gasteiger partial charge is 0.154 e. The Labute approximate surface area is 241 Å². The molecule has 8 heteroatoms. The largest absolute Gasteiger partial charge is 0.370 e. The van der Waals surface area contributed by atoms with Gasteiger partial charge in [0.2, 0.25) is 0 Å². The quantitative estimate of drug-likeness (QED) is 0.162. The first-order valence-corrected chi connectivity index (χ1v) is 14.4. The minimum absolute atomic E-state index is 0.290. The number of rotatable bonds is 8. The number of allylic oxidation sites excluding steroid dienone is 4. The van der Waals surface area contributed by atoms with Gasteiger partial charge in [0.05, 0.1) is 11.4 Å². The molecule has 3 aromatic rings. The summed E-state index contributed by atoms with van der Waals surface area (Å²) < 4.78 is 36.6. The number of alkyl halides is 1. The number of aromatic nitrogens is 1. The molecular formula is C31H37ClF2N4S. The molecule has 1 N–H and O–H groups in total. The topological polar surface area (TPSA) is 23.4 Å². The van der Waals surface area contributed by atoms with Gasteiger partial charge in [-0.05, 0) is 68.2 Å². The van der Waals surface area contributed by atoms with Gasteiger partial charge in [0.25, 0.3) is 0 Å². The van der Waals surface area contributed by atoms with Crippen molar-refractivity contribution in [3.05, 3.63) is 83.2 Å². The van der Waals surface area contributed by atoms with Gasteiger partial charge in [0, 0.05) is 73.4 Å². The maximum absolute atomic E-state index is 16.5. The molecule has 1 saturated heterocycles. The maximum Gasteiger partial charge on any atom is 0.154 e. The maximum atomic E-state index is 16.5. The third kappa shape index (κ3) is 6.15. The molecule has 0 amide bonds. The van der Waals surface area contributed by atoms with Gasteiger partial charge in [-0.2, -0.15) is 0 Å². The molecule has 0 radical (unpaired) electrons. The Hall–Kier alpha value is -2.90. The average Bonchev–Trinajstić information content (AvgIpc) is 3.10. The van der Waals surface area contributed by atoms with Crippen LogP contribution in [0.2, 0.25) is 0 Å². The van der Waals surface area contributed by atoms with Gasteiger partial charge in [-0.1, -0.05) is 38.0 Å². The van der Waals surface area contributed by atoms with Crippen LogP contribution >= 0.6 is 24.4 Å². The second kappa shape index (κ2) is 13.0. The van der Waals surface area contributed by atoms with Crippen molar-refractivity contribution >= 4 is 47.1 Å². The van der Waals surface area contributed by atoms with Crippen LogP contribution in [0.15, 0.2) is 54.6 Å². The van der Waals surface area contributed by atoms with E-state index in [1.807, 2.05) is 50.1 Å².